The zero-order valence-electron chi connectivity index (χ0n) is 9.01. The zero-order chi connectivity index (χ0) is 12.8. The summed E-state index contributed by atoms with van der Waals surface area (Å²) in [5.74, 6) is -1.61. The molecule has 4 N–H and O–H groups in total. The number of hydrogen-bond acceptors (Lipinski definition) is 5. The number of rotatable bonds is 5. The van der Waals surface area contributed by atoms with E-state index in [2.05, 4.69) is 10.6 Å². The molecule has 1 aliphatic rings. The van der Waals surface area contributed by atoms with E-state index in [0.29, 0.717) is 12.3 Å². The van der Waals surface area contributed by atoms with Crippen LogP contribution in [0.2, 0.25) is 0 Å². The monoisotopic (exact) mass is 262 g/mol. The first kappa shape index (κ1) is 13.8. The summed E-state index contributed by atoms with van der Waals surface area (Å²) in [5, 5.41) is 22.5. The lowest BCUT2D eigenvalue weighted by Gasteiger charge is -2.23. The normalized spacial score (nSPS) is 21.5. The molecule has 0 bridgehead atoms. The first-order chi connectivity index (χ1) is 8.00. The van der Waals surface area contributed by atoms with Gasteiger partial charge in [0.1, 0.15) is 6.04 Å². The van der Waals surface area contributed by atoms with Gasteiger partial charge < -0.3 is 20.8 Å². The van der Waals surface area contributed by atoms with Crippen molar-refractivity contribution in [2.75, 3.05) is 18.1 Å². The first-order valence-corrected chi connectivity index (χ1v) is 6.22. The number of thioether (sulfide) groups is 1. The molecule has 1 amide bonds. The van der Waals surface area contributed by atoms with Crippen LogP contribution in [0.5, 0.6) is 0 Å². The van der Waals surface area contributed by atoms with Crippen LogP contribution < -0.4 is 10.6 Å². The molecule has 0 aromatic rings. The maximum Gasteiger partial charge on any atom is 0.326 e. The smallest absolute Gasteiger partial charge is 0.326 e. The van der Waals surface area contributed by atoms with Crippen LogP contribution >= 0.6 is 11.8 Å². The Balaban J connectivity index is 2.50. The van der Waals surface area contributed by atoms with Gasteiger partial charge in [-0.25, -0.2) is 4.79 Å². The second-order valence-corrected chi connectivity index (χ2v) is 4.73. The number of aliphatic carboxylic acids is 2. The molecule has 96 valence electrons. The molecule has 2 unspecified atom stereocenters. The minimum atomic E-state index is -1.38. The highest BCUT2D eigenvalue weighted by Gasteiger charge is 2.27. The molecule has 17 heavy (non-hydrogen) atoms. The van der Waals surface area contributed by atoms with Crippen LogP contribution in [-0.2, 0) is 14.4 Å². The second-order valence-electron chi connectivity index (χ2n) is 3.58. The average molecular weight is 262 g/mol. The van der Waals surface area contributed by atoms with Gasteiger partial charge in [0.15, 0.2) is 0 Å². The van der Waals surface area contributed by atoms with Crippen LogP contribution in [0.3, 0.4) is 0 Å². The molecule has 2 atom stereocenters. The summed E-state index contributed by atoms with van der Waals surface area (Å²) in [6.07, 6.45) is -0.624. The van der Waals surface area contributed by atoms with Crippen LogP contribution in [0.1, 0.15) is 6.42 Å². The number of carboxylic acids is 2. The Morgan fingerprint density at radius 1 is 1.41 bits per heavy atom. The van der Waals surface area contributed by atoms with Gasteiger partial charge in [-0.05, 0) is 0 Å². The molecular formula is C9H14N2O5S. The van der Waals surface area contributed by atoms with E-state index in [0.717, 1.165) is 5.75 Å². The zero-order valence-corrected chi connectivity index (χ0v) is 9.83. The fourth-order valence-corrected chi connectivity index (χ4v) is 2.31. The van der Waals surface area contributed by atoms with Gasteiger partial charge >= 0.3 is 11.9 Å². The van der Waals surface area contributed by atoms with Gasteiger partial charge in [0.2, 0.25) is 5.91 Å². The molecule has 0 aromatic carbocycles. The third-order valence-electron chi connectivity index (χ3n) is 2.23. The van der Waals surface area contributed by atoms with Gasteiger partial charge in [-0.1, -0.05) is 0 Å². The van der Waals surface area contributed by atoms with E-state index in [1.54, 1.807) is 11.8 Å². The van der Waals surface area contributed by atoms with E-state index in [4.69, 9.17) is 10.2 Å². The lowest BCUT2D eigenvalue weighted by Crippen LogP contribution is -2.53. The Hall–Kier alpha value is -1.28. The van der Waals surface area contributed by atoms with Crippen molar-refractivity contribution >= 4 is 29.6 Å². The molecule has 0 aromatic heterocycles. The van der Waals surface area contributed by atoms with E-state index < -0.39 is 36.4 Å². The van der Waals surface area contributed by atoms with Crippen molar-refractivity contribution in [2.45, 2.75) is 18.5 Å². The highest BCUT2D eigenvalue weighted by molar-refractivity contribution is 7.99. The molecular weight excluding hydrogens is 248 g/mol. The van der Waals surface area contributed by atoms with Gasteiger partial charge in [-0.15, -0.1) is 0 Å². The second kappa shape index (κ2) is 6.45. The number of amides is 1. The van der Waals surface area contributed by atoms with Gasteiger partial charge in [-0.2, -0.15) is 11.8 Å². The minimum Gasteiger partial charge on any atom is -0.481 e. The molecule has 1 rings (SSSR count). The van der Waals surface area contributed by atoms with Crippen molar-refractivity contribution in [1.82, 2.24) is 10.6 Å². The summed E-state index contributed by atoms with van der Waals surface area (Å²) >= 11 is 1.59. The largest absolute Gasteiger partial charge is 0.481 e. The summed E-state index contributed by atoms with van der Waals surface area (Å²) in [4.78, 5) is 32.8. The van der Waals surface area contributed by atoms with Gasteiger partial charge in [0, 0.05) is 18.1 Å². The third-order valence-corrected chi connectivity index (χ3v) is 3.29. The van der Waals surface area contributed by atoms with Crippen molar-refractivity contribution in [2.24, 2.45) is 0 Å². The summed E-state index contributed by atoms with van der Waals surface area (Å²) < 4.78 is 0. The number of nitrogens with one attached hydrogen (secondary N) is 2. The molecule has 7 nitrogen and oxygen atoms in total. The van der Waals surface area contributed by atoms with Gasteiger partial charge in [-0.3, -0.25) is 9.59 Å². The number of hydrogen-bond donors (Lipinski definition) is 4. The number of carbonyl (C=O) groups is 3. The Morgan fingerprint density at radius 3 is 2.59 bits per heavy atom. The maximum absolute atomic E-state index is 11.7. The molecule has 0 radical (unpaired) electrons. The minimum absolute atomic E-state index is 0.454. The number of carbonyl (C=O) groups excluding carboxylic acids is 1. The molecule has 0 spiro atoms. The van der Waals surface area contributed by atoms with E-state index in [-0.39, 0.29) is 0 Å². The van der Waals surface area contributed by atoms with Crippen LogP contribution in [0.15, 0.2) is 0 Å². The van der Waals surface area contributed by atoms with E-state index in [1.165, 1.54) is 0 Å². The van der Waals surface area contributed by atoms with Crippen LogP contribution in [0.4, 0.5) is 0 Å². The lowest BCUT2D eigenvalue weighted by molar-refractivity contribution is -0.147. The molecule has 8 heteroatoms. The summed E-state index contributed by atoms with van der Waals surface area (Å²) in [7, 11) is 0. The quantitative estimate of drug-likeness (QED) is 0.488. The van der Waals surface area contributed by atoms with Crippen molar-refractivity contribution in [3.63, 3.8) is 0 Å². The Bertz CT molecular complexity index is 317. The molecule has 1 fully saturated rings. The van der Waals surface area contributed by atoms with Crippen LogP contribution in [-0.4, -0.2) is 58.2 Å². The van der Waals surface area contributed by atoms with Crippen molar-refractivity contribution in [1.29, 1.82) is 0 Å². The molecule has 0 aliphatic carbocycles. The van der Waals surface area contributed by atoms with Crippen molar-refractivity contribution < 1.29 is 24.6 Å². The van der Waals surface area contributed by atoms with Crippen molar-refractivity contribution in [3.8, 4) is 0 Å². The third kappa shape index (κ3) is 4.61. The Kier molecular flexibility index (Phi) is 5.23. The average Bonchev–Trinajstić information content (AvgIpc) is 2.28. The van der Waals surface area contributed by atoms with Crippen LogP contribution in [0.25, 0.3) is 0 Å². The Morgan fingerprint density at radius 2 is 2.12 bits per heavy atom. The first-order valence-electron chi connectivity index (χ1n) is 5.07. The van der Waals surface area contributed by atoms with Gasteiger partial charge in [0.05, 0.1) is 12.5 Å². The lowest BCUT2D eigenvalue weighted by atomic mass is 10.2. The summed E-state index contributed by atoms with van der Waals surface area (Å²) in [6, 6.07) is -1.84. The highest BCUT2D eigenvalue weighted by Crippen LogP contribution is 2.08. The van der Waals surface area contributed by atoms with Gasteiger partial charge in [0.25, 0.3) is 0 Å². The fourth-order valence-electron chi connectivity index (χ4n) is 1.38. The summed E-state index contributed by atoms with van der Waals surface area (Å²) in [6.45, 7) is 0.680. The summed E-state index contributed by atoms with van der Waals surface area (Å²) in [5.41, 5.74) is 0. The highest BCUT2D eigenvalue weighted by atomic mass is 32.2. The molecule has 1 heterocycles. The Labute approximate surface area is 102 Å². The van der Waals surface area contributed by atoms with Crippen molar-refractivity contribution in [3.05, 3.63) is 0 Å². The molecule has 0 saturated carbocycles. The topological polar surface area (TPSA) is 116 Å². The number of carboxylic acid groups (broad SMARTS) is 2. The van der Waals surface area contributed by atoms with E-state index in [1.807, 2.05) is 0 Å². The standard InChI is InChI=1S/C9H14N2O5S/c12-7(13)3-5(9(15)16)11-8(14)6-4-17-2-1-10-6/h5-6,10H,1-4H2,(H,11,14)(H,12,13)(H,15,16). The predicted molar refractivity (Wildman–Crippen MR) is 60.9 cm³/mol. The van der Waals surface area contributed by atoms with E-state index >= 15 is 0 Å². The van der Waals surface area contributed by atoms with Crippen LogP contribution in [0, 0.1) is 0 Å². The van der Waals surface area contributed by atoms with E-state index in [9.17, 15) is 14.4 Å². The molecule has 1 saturated heterocycles. The fraction of sp³-hybridized carbons (Fsp3) is 0.667. The maximum atomic E-state index is 11.7. The SMILES string of the molecule is O=C(O)CC(NC(=O)C1CSCCN1)C(=O)O. The molecule has 1 aliphatic heterocycles. The predicted octanol–water partition coefficient (Wildman–Crippen LogP) is -1.26.